The Bertz CT molecular complexity index is 804. The lowest BCUT2D eigenvalue weighted by Crippen LogP contribution is -2.10. The highest BCUT2D eigenvalue weighted by Gasteiger charge is 2.17. The molecule has 1 N–H and O–H groups in total. The van der Waals surface area contributed by atoms with Crippen LogP contribution in [0.3, 0.4) is 0 Å². The van der Waals surface area contributed by atoms with Crippen molar-refractivity contribution in [3.8, 4) is 23.3 Å². The van der Waals surface area contributed by atoms with Gasteiger partial charge in [0, 0.05) is 6.20 Å². The number of carboxylic acids is 1. The van der Waals surface area contributed by atoms with E-state index in [-0.39, 0.29) is 11.8 Å². The quantitative estimate of drug-likeness (QED) is 0.751. The van der Waals surface area contributed by atoms with Gasteiger partial charge in [0.15, 0.2) is 18.2 Å². The highest BCUT2D eigenvalue weighted by Crippen LogP contribution is 2.21. The van der Waals surface area contributed by atoms with Crippen LogP contribution in [0.1, 0.15) is 0 Å². The van der Waals surface area contributed by atoms with Crippen molar-refractivity contribution in [2.45, 2.75) is 0 Å². The van der Waals surface area contributed by atoms with Crippen molar-refractivity contribution >= 4 is 17.6 Å². The Morgan fingerprint density at radius 1 is 1.25 bits per heavy atom. The van der Waals surface area contributed by atoms with E-state index >= 15 is 0 Å². The van der Waals surface area contributed by atoms with Gasteiger partial charge in [-0.1, -0.05) is 11.6 Å². The van der Waals surface area contributed by atoms with E-state index in [0.29, 0.717) is 16.5 Å². The molecule has 3 aromatic heterocycles. The fourth-order valence-electron chi connectivity index (χ4n) is 1.81. The highest BCUT2D eigenvalue weighted by molar-refractivity contribution is 6.30. The van der Waals surface area contributed by atoms with Gasteiger partial charge < -0.3 is 9.84 Å². The number of hydrogen-bond acceptors (Lipinski definition) is 6. The Hall–Kier alpha value is -3.07. The van der Waals surface area contributed by atoms with Gasteiger partial charge in [-0.15, -0.1) is 5.10 Å². The van der Waals surface area contributed by atoms with E-state index in [1.54, 1.807) is 12.1 Å². The molecule has 0 saturated carbocycles. The number of carbonyl (C=O) groups is 1. The van der Waals surface area contributed by atoms with Gasteiger partial charge in [-0.25, -0.2) is 19.2 Å². The monoisotopic (exact) mass is 349 g/mol. The molecule has 0 amide bonds. The standard InChI is InChI=1S/C14H9ClFN5O3/c15-8-1-4-11(18-5-8)21-13(10-3-2-9(16)6-17-10)19-14(20-21)24-7-12(22)23/h1-6H,7H2,(H,22,23). The molecule has 0 aliphatic heterocycles. The molecule has 3 rings (SSSR count). The first-order valence-electron chi connectivity index (χ1n) is 6.58. The van der Waals surface area contributed by atoms with E-state index in [1.165, 1.54) is 23.0 Å². The van der Waals surface area contributed by atoms with Crippen LogP contribution in [0, 0.1) is 5.82 Å². The molecule has 0 unspecified atom stereocenters. The number of halogens is 2. The predicted octanol–water partition coefficient (Wildman–Crippen LogP) is 1.98. The van der Waals surface area contributed by atoms with Gasteiger partial charge in [0.2, 0.25) is 0 Å². The van der Waals surface area contributed by atoms with Crippen molar-refractivity contribution in [1.29, 1.82) is 0 Å². The minimum absolute atomic E-state index is 0.171. The molecule has 0 bridgehead atoms. The van der Waals surface area contributed by atoms with E-state index in [2.05, 4.69) is 20.1 Å². The van der Waals surface area contributed by atoms with E-state index in [1.807, 2.05) is 0 Å². The molecule has 8 nitrogen and oxygen atoms in total. The largest absolute Gasteiger partial charge is 0.479 e. The summed E-state index contributed by atoms with van der Waals surface area (Å²) in [5, 5.41) is 13.2. The molecule has 0 spiro atoms. The number of carboxylic acid groups (broad SMARTS) is 1. The molecular weight excluding hydrogens is 341 g/mol. The normalized spacial score (nSPS) is 10.6. The second-order valence-corrected chi connectivity index (χ2v) is 4.94. The summed E-state index contributed by atoms with van der Waals surface area (Å²) in [4.78, 5) is 22.8. The van der Waals surface area contributed by atoms with Crippen molar-refractivity contribution in [3.05, 3.63) is 47.5 Å². The van der Waals surface area contributed by atoms with Gasteiger partial charge >= 0.3 is 12.0 Å². The van der Waals surface area contributed by atoms with E-state index in [0.717, 1.165) is 6.20 Å². The first-order valence-corrected chi connectivity index (χ1v) is 6.96. The molecule has 0 aromatic carbocycles. The third-order valence-corrected chi connectivity index (χ3v) is 3.02. The Morgan fingerprint density at radius 2 is 2.08 bits per heavy atom. The van der Waals surface area contributed by atoms with Crippen molar-refractivity contribution in [3.63, 3.8) is 0 Å². The second-order valence-electron chi connectivity index (χ2n) is 4.51. The van der Waals surface area contributed by atoms with Crippen LogP contribution in [0.25, 0.3) is 17.3 Å². The summed E-state index contributed by atoms with van der Waals surface area (Å²) >= 11 is 5.81. The van der Waals surface area contributed by atoms with Crippen molar-refractivity contribution in [2.24, 2.45) is 0 Å². The van der Waals surface area contributed by atoms with Crippen LogP contribution in [0.4, 0.5) is 4.39 Å². The second kappa shape index (κ2) is 6.59. The number of pyridine rings is 2. The molecule has 24 heavy (non-hydrogen) atoms. The lowest BCUT2D eigenvalue weighted by atomic mass is 10.3. The van der Waals surface area contributed by atoms with Gasteiger partial charge in [0.1, 0.15) is 11.5 Å². The first kappa shape index (κ1) is 15.8. The summed E-state index contributed by atoms with van der Waals surface area (Å²) in [6.07, 6.45) is 2.44. The topological polar surface area (TPSA) is 103 Å². The number of nitrogens with zero attached hydrogens (tertiary/aromatic N) is 5. The van der Waals surface area contributed by atoms with E-state index < -0.39 is 18.4 Å². The molecular formula is C14H9ClFN5O3. The minimum Gasteiger partial charge on any atom is -0.479 e. The lowest BCUT2D eigenvalue weighted by Gasteiger charge is -2.04. The number of aliphatic carboxylic acids is 1. The summed E-state index contributed by atoms with van der Waals surface area (Å²) < 4.78 is 19.3. The Morgan fingerprint density at radius 3 is 2.71 bits per heavy atom. The van der Waals surface area contributed by atoms with Crippen LogP contribution < -0.4 is 4.74 Å². The lowest BCUT2D eigenvalue weighted by molar-refractivity contribution is -0.139. The van der Waals surface area contributed by atoms with Gasteiger partial charge in [-0.05, 0) is 24.3 Å². The average Bonchev–Trinajstić information content (AvgIpc) is 2.98. The zero-order valence-corrected chi connectivity index (χ0v) is 12.7. The zero-order valence-electron chi connectivity index (χ0n) is 11.9. The van der Waals surface area contributed by atoms with Crippen LogP contribution in [0.5, 0.6) is 6.01 Å². The van der Waals surface area contributed by atoms with Crippen molar-refractivity contribution in [1.82, 2.24) is 24.7 Å². The Labute approximate surface area is 139 Å². The van der Waals surface area contributed by atoms with Crippen LogP contribution in [0.15, 0.2) is 36.7 Å². The number of aromatic nitrogens is 5. The summed E-state index contributed by atoms with van der Waals surface area (Å²) in [6, 6.07) is 5.65. The predicted molar refractivity (Wildman–Crippen MR) is 80.5 cm³/mol. The van der Waals surface area contributed by atoms with Crippen LogP contribution in [-0.4, -0.2) is 42.4 Å². The summed E-state index contributed by atoms with van der Waals surface area (Å²) in [5.74, 6) is -1.10. The Kier molecular flexibility index (Phi) is 4.34. The molecule has 0 saturated heterocycles. The Balaban J connectivity index is 2.05. The van der Waals surface area contributed by atoms with E-state index in [9.17, 15) is 9.18 Å². The number of ether oxygens (including phenoxy) is 1. The fourth-order valence-corrected chi connectivity index (χ4v) is 1.92. The first-order chi connectivity index (χ1) is 11.5. The minimum atomic E-state index is -1.17. The third kappa shape index (κ3) is 3.46. The van der Waals surface area contributed by atoms with Gasteiger partial charge in [0.25, 0.3) is 0 Å². The molecule has 10 heteroatoms. The maximum Gasteiger partial charge on any atom is 0.341 e. The molecule has 0 radical (unpaired) electrons. The smallest absolute Gasteiger partial charge is 0.341 e. The molecule has 3 heterocycles. The summed E-state index contributed by atoms with van der Waals surface area (Å²) in [6.45, 7) is -0.603. The van der Waals surface area contributed by atoms with Gasteiger partial charge in [0.05, 0.1) is 11.2 Å². The highest BCUT2D eigenvalue weighted by atomic mass is 35.5. The molecule has 0 aliphatic carbocycles. The number of hydrogen-bond donors (Lipinski definition) is 1. The number of rotatable bonds is 5. The maximum absolute atomic E-state index is 13.1. The van der Waals surface area contributed by atoms with E-state index in [4.69, 9.17) is 21.4 Å². The van der Waals surface area contributed by atoms with Crippen LogP contribution in [-0.2, 0) is 4.79 Å². The van der Waals surface area contributed by atoms with Crippen molar-refractivity contribution < 1.29 is 19.0 Å². The summed E-state index contributed by atoms with van der Waals surface area (Å²) in [7, 11) is 0. The average molecular weight is 350 g/mol. The molecule has 122 valence electrons. The maximum atomic E-state index is 13.1. The molecule has 0 atom stereocenters. The molecule has 3 aromatic rings. The zero-order chi connectivity index (χ0) is 17.1. The SMILES string of the molecule is O=C(O)COc1nc(-c2ccc(F)cn2)n(-c2ccc(Cl)cn2)n1. The van der Waals surface area contributed by atoms with Gasteiger partial charge in [-0.2, -0.15) is 9.67 Å². The summed E-state index contributed by atoms with van der Waals surface area (Å²) in [5.41, 5.74) is 0.311. The van der Waals surface area contributed by atoms with Crippen LogP contribution in [0.2, 0.25) is 5.02 Å². The van der Waals surface area contributed by atoms with Crippen LogP contribution >= 0.6 is 11.6 Å². The molecule has 0 aliphatic rings. The molecule has 0 fully saturated rings. The van der Waals surface area contributed by atoms with Gasteiger partial charge in [-0.3, -0.25) is 0 Å². The third-order valence-electron chi connectivity index (χ3n) is 2.80. The fraction of sp³-hybridized carbons (Fsp3) is 0.0714. The van der Waals surface area contributed by atoms with Crippen molar-refractivity contribution in [2.75, 3.05) is 6.61 Å².